The zero-order valence-corrected chi connectivity index (χ0v) is 20.3. The third-order valence-electron chi connectivity index (χ3n) is 7.74. The van der Waals surface area contributed by atoms with Crippen molar-refractivity contribution in [3.8, 4) is 5.75 Å². The van der Waals surface area contributed by atoms with Crippen molar-refractivity contribution in [2.75, 3.05) is 13.1 Å². The summed E-state index contributed by atoms with van der Waals surface area (Å²) in [7, 11) is 0. The van der Waals surface area contributed by atoms with Crippen molar-refractivity contribution in [3.05, 3.63) is 45.5 Å². The zero-order valence-electron chi connectivity index (χ0n) is 20.3. The fourth-order valence-corrected chi connectivity index (χ4v) is 5.81. The molecule has 0 radical (unpaired) electrons. The van der Waals surface area contributed by atoms with Crippen LogP contribution in [0.3, 0.4) is 0 Å². The first-order chi connectivity index (χ1) is 17.0. The Labute approximate surface area is 207 Å². The van der Waals surface area contributed by atoms with Crippen molar-refractivity contribution >= 4 is 23.2 Å². The summed E-state index contributed by atoms with van der Waals surface area (Å²) in [4.78, 5) is 39.6. The van der Waals surface area contributed by atoms with Gasteiger partial charge in [0.1, 0.15) is 28.7 Å². The van der Waals surface area contributed by atoms with Crippen LogP contribution in [0.4, 0.5) is 4.39 Å². The summed E-state index contributed by atoms with van der Waals surface area (Å²) >= 11 is 0. The Balaban J connectivity index is 1.80. The number of Topliss-reactive ketones (excluding diaryl/α,β-unsaturated/α-hetero) is 2. The van der Waals surface area contributed by atoms with Crippen molar-refractivity contribution in [2.45, 2.75) is 58.1 Å². The van der Waals surface area contributed by atoms with Gasteiger partial charge in [-0.1, -0.05) is 20.3 Å². The van der Waals surface area contributed by atoms with E-state index in [1.807, 2.05) is 11.8 Å². The minimum absolute atomic E-state index is 0.0368. The molecule has 3 atom stereocenters. The number of primary amides is 1. The van der Waals surface area contributed by atoms with Gasteiger partial charge in [0.25, 0.3) is 5.91 Å². The number of aliphatic hydroxyl groups is 3. The van der Waals surface area contributed by atoms with Gasteiger partial charge in [-0.25, -0.2) is 4.39 Å². The minimum atomic E-state index is -2.63. The normalized spacial score (nSPS) is 25.7. The van der Waals surface area contributed by atoms with Gasteiger partial charge in [-0.15, -0.1) is 0 Å². The lowest BCUT2D eigenvalue weighted by atomic mass is 9.59. The number of carbonyl (C=O) groups is 3. The van der Waals surface area contributed by atoms with Crippen LogP contribution in [-0.2, 0) is 27.3 Å². The Bertz CT molecular complexity index is 1220. The zero-order chi connectivity index (χ0) is 26.5. The highest BCUT2D eigenvalue weighted by Gasteiger charge is 2.60. The molecule has 3 aliphatic carbocycles. The van der Waals surface area contributed by atoms with E-state index >= 15 is 4.39 Å². The number of nitrogens with two attached hydrogens (primary N) is 1. The molecule has 0 bridgehead atoms. The largest absolute Gasteiger partial charge is 0.508 e. The Morgan fingerprint density at radius 1 is 1.22 bits per heavy atom. The van der Waals surface area contributed by atoms with Crippen molar-refractivity contribution in [2.24, 2.45) is 17.6 Å². The molecule has 0 aliphatic heterocycles. The van der Waals surface area contributed by atoms with Gasteiger partial charge in [0.2, 0.25) is 5.78 Å². The number of phenols is 1. The van der Waals surface area contributed by atoms with E-state index in [-0.39, 0.29) is 41.6 Å². The maximum Gasteiger partial charge on any atom is 0.255 e. The summed E-state index contributed by atoms with van der Waals surface area (Å²) in [6.07, 6.45) is 1.41. The van der Waals surface area contributed by atoms with E-state index in [0.29, 0.717) is 6.54 Å². The SMILES string of the molecule is CCCCN(CC)Cc1cc(O)c2c(c1F)CC1C[C@H]3CC(=O)C(C(N)=O)=C(O)[C@@]3(O)C(=O)C1=C2O. The van der Waals surface area contributed by atoms with E-state index in [1.165, 1.54) is 6.07 Å². The first kappa shape index (κ1) is 25.8. The fraction of sp³-hybridized carbons (Fsp3) is 0.500. The van der Waals surface area contributed by atoms with Gasteiger partial charge in [0, 0.05) is 35.6 Å². The Morgan fingerprint density at radius 3 is 2.53 bits per heavy atom. The van der Waals surface area contributed by atoms with Crippen molar-refractivity contribution < 1.29 is 39.2 Å². The van der Waals surface area contributed by atoms with Gasteiger partial charge in [0.05, 0.1) is 5.56 Å². The lowest BCUT2D eigenvalue weighted by Crippen LogP contribution is -2.58. The number of hydrogen-bond acceptors (Lipinski definition) is 8. The molecule has 1 fully saturated rings. The van der Waals surface area contributed by atoms with Crippen LogP contribution in [-0.4, -0.2) is 61.5 Å². The molecular weight excluding hydrogens is 471 g/mol. The number of phenolic OH excluding ortho intramolecular Hbond substituents is 1. The van der Waals surface area contributed by atoms with E-state index in [2.05, 4.69) is 6.92 Å². The molecule has 1 aromatic rings. The summed E-state index contributed by atoms with van der Waals surface area (Å²) in [6, 6.07) is 1.23. The number of benzene rings is 1. The summed E-state index contributed by atoms with van der Waals surface area (Å²) in [6.45, 7) is 5.72. The van der Waals surface area contributed by atoms with Crippen LogP contribution in [0.25, 0.3) is 5.76 Å². The van der Waals surface area contributed by atoms with Crippen LogP contribution in [0.15, 0.2) is 23.0 Å². The van der Waals surface area contributed by atoms with Gasteiger partial charge in [-0.2, -0.15) is 0 Å². The van der Waals surface area contributed by atoms with Gasteiger partial charge in [-0.3, -0.25) is 19.3 Å². The average Bonchev–Trinajstić information content (AvgIpc) is 2.81. The quantitative estimate of drug-likeness (QED) is 0.355. The highest BCUT2D eigenvalue weighted by Crippen LogP contribution is 2.52. The van der Waals surface area contributed by atoms with Gasteiger partial charge < -0.3 is 26.2 Å². The van der Waals surface area contributed by atoms with Crippen LogP contribution in [0.2, 0.25) is 0 Å². The number of halogens is 1. The maximum absolute atomic E-state index is 15.7. The molecule has 1 amide bonds. The van der Waals surface area contributed by atoms with E-state index in [1.54, 1.807) is 0 Å². The summed E-state index contributed by atoms with van der Waals surface area (Å²) in [5, 5.41) is 43.6. The molecule has 0 aromatic heterocycles. The Kier molecular flexibility index (Phi) is 6.70. The van der Waals surface area contributed by atoms with Gasteiger partial charge in [0.15, 0.2) is 11.4 Å². The smallest absolute Gasteiger partial charge is 0.255 e. The predicted octanol–water partition coefficient (Wildman–Crippen LogP) is 2.19. The highest BCUT2D eigenvalue weighted by molar-refractivity contribution is 6.22. The lowest BCUT2D eigenvalue weighted by Gasteiger charge is -2.46. The van der Waals surface area contributed by atoms with Crippen LogP contribution in [0.5, 0.6) is 5.75 Å². The number of hydrogen-bond donors (Lipinski definition) is 5. The first-order valence-electron chi connectivity index (χ1n) is 12.2. The molecule has 6 N–H and O–H groups in total. The van der Waals surface area contributed by atoms with E-state index in [9.17, 15) is 34.8 Å². The third kappa shape index (κ3) is 3.79. The monoisotopic (exact) mass is 502 g/mol. The van der Waals surface area contributed by atoms with Crippen molar-refractivity contribution in [1.82, 2.24) is 4.90 Å². The first-order valence-corrected chi connectivity index (χ1v) is 12.2. The molecule has 3 aliphatic rings. The maximum atomic E-state index is 15.7. The van der Waals surface area contributed by atoms with E-state index in [0.717, 1.165) is 19.4 Å². The van der Waals surface area contributed by atoms with Crippen LogP contribution >= 0.6 is 0 Å². The number of fused-ring (bicyclic) bond motifs is 3. The summed E-state index contributed by atoms with van der Waals surface area (Å²) in [5.74, 6) is -7.85. The lowest BCUT2D eigenvalue weighted by molar-refractivity contribution is -0.147. The molecule has 0 spiro atoms. The third-order valence-corrected chi connectivity index (χ3v) is 7.74. The molecule has 1 aromatic carbocycles. The Hall–Kier alpha value is -3.24. The second kappa shape index (κ2) is 9.33. The number of ketones is 2. The topological polar surface area (TPSA) is 161 Å². The number of aromatic hydroxyl groups is 1. The van der Waals surface area contributed by atoms with E-state index in [4.69, 9.17) is 5.73 Å². The second-order valence-electron chi connectivity index (χ2n) is 9.85. The van der Waals surface area contributed by atoms with Crippen molar-refractivity contribution in [1.29, 1.82) is 0 Å². The number of carbonyl (C=O) groups excluding carboxylic acids is 3. The molecule has 1 unspecified atom stereocenters. The molecule has 0 saturated heterocycles. The Morgan fingerprint density at radius 2 is 1.92 bits per heavy atom. The van der Waals surface area contributed by atoms with Gasteiger partial charge >= 0.3 is 0 Å². The van der Waals surface area contributed by atoms with Gasteiger partial charge in [-0.05, 0) is 44.3 Å². The average molecular weight is 503 g/mol. The molecule has 10 heteroatoms. The molecule has 4 rings (SSSR count). The molecule has 194 valence electrons. The molecule has 36 heavy (non-hydrogen) atoms. The number of rotatable bonds is 7. The number of nitrogens with zero attached hydrogens (tertiary/aromatic N) is 1. The predicted molar refractivity (Wildman–Crippen MR) is 127 cm³/mol. The van der Waals surface area contributed by atoms with Crippen molar-refractivity contribution in [3.63, 3.8) is 0 Å². The molecule has 0 heterocycles. The number of unbranched alkanes of at least 4 members (excludes halogenated alkanes) is 1. The molecule has 9 nitrogen and oxygen atoms in total. The summed E-state index contributed by atoms with van der Waals surface area (Å²) < 4.78 is 15.7. The van der Waals surface area contributed by atoms with Crippen LogP contribution < -0.4 is 5.73 Å². The number of aliphatic hydroxyl groups excluding tert-OH is 2. The minimum Gasteiger partial charge on any atom is -0.508 e. The van der Waals surface area contributed by atoms with Crippen LogP contribution in [0, 0.1) is 17.7 Å². The standard InChI is InChI=1S/C26H31FN2O7/c1-3-5-6-29(4-2)11-13-9-16(30)19-15(21(13)27)8-12-7-14-10-17(31)20(25(28)35)24(34)26(14,36)23(33)18(12)22(19)32/h9,12,14,30,32,34,36H,3-8,10-11H2,1-2H3,(H2,28,35)/t12?,14-,26-/m0/s1. The molecule has 1 saturated carbocycles. The fourth-order valence-electron chi connectivity index (χ4n) is 5.81. The number of amides is 1. The second-order valence-corrected chi connectivity index (χ2v) is 9.85. The van der Waals surface area contributed by atoms with E-state index < -0.39 is 70.0 Å². The molecular formula is C26H31FN2O7. The highest BCUT2D eigenvalue weighted by atomic mass is 19.1. The summed E-state index contributed by atoms with van der Waals surface area (Å²) in [5.41, 5.74) is 1.49. The van der Waals surface area contributed by atoms with Crippen LogP contribution in [0.1, 0.15) is 56.2 Å².